The molecule has 0 aliphatic rings. The zero-order valence-electron chi connectivity index (χ0n) is 11.3. The van der Waals surface area contributed by atoms with Crippen LogP contribution in [0.25, 0.3) is 11.0 Å². The van der Waals surface area contributed by atoms with Crippen LogP contribution in [0, 0.1) is 0 Å². The highest BCUT2D eigenvalue weighted by atomic mass is 16.4. The zero-order valence-corrected chi connectivity index (χ0v) is 11.3. The zero-order chi connectivity index (χ0) is 15.7. The number of carbonyl (C=O) groups is 2. The van der Waals surface area contributed by atoms with Crippen molar-refractivity contribution in [3.63, 3.8) is 0 Å². The van der Waals surface area contributed by atoms with E-state index in [1.165, 1.54) is 16.9 Å². The topological polar surface area (TPSA) is 105 Å². The summed E-state index contributed by atoms with van der Waals surface area (Å²) >= 11 is 0. The molecule has 0 unspecified atom stereocenters. The largest absolute Gasteiger partial charge is 0.478 e. The quantitative estimate of drug-likeness (QED) is 0.761. The van der Waals surface area contributed by atoms with Crippen molar-refractivity contribution in [1.29, 1.82) is 0 Å². The third kappa shape index (κ3) is 2.64. The van der Waals surface area contributed by atoms with Crippen LogP contribution in [0.5, 0.6) is 0 Å². The first-order valence-electron chi connectivity index (χ1n) is 6.43. The second-order valence-electron chi connectivity index (χ2n) is 4.75. The predicted molar refractivity (Wildman–Crippen MR) is 77.0 cm³/mol. The molecule has 1 aromatic heterocycles. The Labute approximate surface area is 124 Å². The molecule has 22 heavy (non-hydrogen) atoms. The minimum atomic E-state index is -1.18. The fourth-order valence-electron chi connectivity index (χ4n) is 2.17. The number of carboxylic acids is 2. The molecule has 0 aliphatic heterocycles. The van der Waals surface area contributed by atoms with E-state index in [0.717, 1.165) is 17.1 Å². The molecular formula is C15H11N3O4. The smallest absolute Gasteiger partial charge is 0.335 e. The molecule has 0 fully saturated rings. The first kappa shape index (κ1) is 13.7. The van der Waals surface area contributed by atoms with Crippen molar-refractivity contribution < 1.29 is 19.8 Å². The summed E-state index contributed by atoms with van der Waals surface area (Å²) in [6.07, 6.45) is 0. The number of carboxylic acid groups (broad SMARTS) is 2. The van der Waals surface area contributed by atoms with Gasteiger partial charge < -0.3 is 10.2 Å². The van der Waals surface area contributed by atoms with Crippen molar-refractivity contribution in [2.75, 3.05) is 0 Å². The normalized spacial score (nSPS) is 10.7. The van der Waals surface area contributed by atoms with Crippen LogP contribution < -0.4 is 0 Å². The predicted octanol–water partition coefficient (Wildman–Crippen LogP) is 1.88. The molecule has 0 atom stereocenters. The maximum atomic E-state index is 11.1. The Morgan fingerprint density at radius 2 is 1.41 bits per heavy atom. The van der Waals surface area contributed by atoms with E-state index in [2.05, 4.69) is 10.2 Å². The van der Waals surface area contributed by atoms with Crippen LogP contribution >= 0.6 is 0 Å². The van der Waals surface area contributed by atoms with E-state index in [-0.39, 0.29) is 17.7 Å². The summed E-state index contributed by atoms with van der Waals surface area (Å²) < 4.78 is 0. The second kappa shape index (κ2) is 5.28. The SMILES string of the molecule is O=C(O)c1cc(Cn2nc3ccccc3n2)cc(C(=O)O)c1. The van der Waals surface area contributed by atoms with E-state index in [1.807, 2.05) is 24.3 Å². The van der Waals surface area contributed by atoms with Gasteiger partial charge in [0.1, 0.15) is 11.0 Å². The molecule has 7 heteroatoms. The summed E-state index contributed by atoms with van der Waals surface area (Å²) in [6.45, 7) is 0.191. The van der Waals surface area contributed by atoms with Gasteiger partial charge in [-0.2, -0.15) is 15.0 Å². The van der Waals surface area contributed by atoms with Gasteiger partial charge in [-0.25, -0.2) is 9.59 Å². The lowest BCUT2D eigenvalue weighted by atomic mass is 10.1. The van der Waals surface area contributed by atoms with E-state index in [4.69, 9.17) is 10.2 Å². The van der Waals surface area contributed by atoms with Crippen LogP contribution in [-0.2, 0) is 6.54 Å². The van der Waals surface area contributed by atoms with E-state index in [0.29, 0.717) is 5.56 Å². The van der Waals surface area contributed by atoms with Crippen molar-refractivity contribution in [3.05, 3.63) is 59.2 Å². The first-order chi connectivity index (χ1) is 10.5. The molecule has 0 amide bonds. The van der Waals surface area contributed by atoms with Crippen LogP contribution in [0.15, 0.2) is 42.5 Å². The second-order valence-corrected chi connectivity index (χ2v) is 4.75. The molecule has 7 nitrogen and oxygen atoms in total. The van der Waals surface area contributed by atoms with Gasteiger partial charge in [0.05, 0.1) is 17.7 Å². The Bertz CT molecular complexity index is 820. The van der Waals surface area contributed by atoms with Crippen LogP contribution in [0.2, 0.25) is 0 Å². The summed E-state index contributed by atoms with van der Waals surface area (Å²) in [5.41, 5.74) is 1.79. The van der Waals surface area contributed by atoms with Crippen molar-refractivity contribution >= 4 is 23.0 Å². The number of benzene rings is 2. The van der Waals surface area contributed by atoms with Crippen molar-refractivity contribution in [2.45, 2.75) is 6.54 Å². The van der Waals surface area contributed by atoms with Gasteiger partial charge in [-0.1, -0.05) is 12.1 Å². The van der Waals surface area contributed by atoms with Gasteiger partial charge >= 0.3 is 11.9 Å². The van der Waals surface area contributed by atoms with E-state index in [1.54, 1.807) is 0 Å². The van der Waals surface area contributed by atoms with Gasteiger partial charge in [0, 0.05) is 0 Å². The molecule has 0 saturated heterocycles. The summed E-state index contributed by atoms with van der Waals surface area (Å²) in [5, 5.41) is 26.7. The molecule has 0 radical (unpaired) electrons. The molecule has 110 valence electrons. The van der Waals surface area contributed by atoms with Crippen molar-refractivity contribution in [2.24, 2.45) is 0 Å². The first-order valence-corrected chi connectivity index (χ1v) is 6.43. The Balaban J connectivity index is 2.00. The fraction of sp³-hybridized carbons (Fsp3) is 0.0667. The standard InChI is InChI=1S/C15H11N3O4/c19-14(20)10-5-9(6-11(7-10)15(21)22)8-18-16-12-3-1-2-4-13(12)17-18/h1-7H,8H2,(H,19,20)(H,21,22). The molecule has 0 bridgehead atoms. The number of aromatic nitrogens is 3. The average Bonchev–Trinajstić information content (AvgIpc) is 2.88. The van der Waals surface area contributed by atoms with Gasteiger partial charge in [-0.15, -0.1) is 0 Å². The van der Waals surface area contributed by atoms with Crippen LogP contribution in [0.3, 0.4) is 0 Å². The summed E-state index contributed by atoms with van der Waals surface area (Å²) in [4.78, 5) is 23.6. The Hall–Kier alpha value is -3.22. The van der Waals surface area contributed by atoms with Crippen LogP contribution in [0.1, 0.15) is 26.3 Å². The molecule has 1 heterocycles. The monoisotopic (exact) mass is 297 g/mol. The Morgan fingerprint density at radius 3 is 1.86 bits per heavy atom. The average molecular weight is 297 g/mol. The lowest BCUT2D eigenvalue weighted by Gasteiger charge is -2.05. The molecule has 2 aromatic carbocycles. The van der Waals surface area contributed by atoms with E-state index >= 15 is 0 Å². The summed E-state index contributed by atoms with van der Waals surface area (Å²) in [7, 11) is 0. The van der Waals surface area contributed by atoms with E-state index in [9.17, 15) is 9.59 Å². The molecule has 2 N–H and O–H groups in total. The number of aromatic carboxylic acids is 2. The number of hydrogen-bond donors (Lipinski definition) is 2. The van der Waals surface area contributed by atoms with Gasteiger partial charge in [0.2, 0.25) is 0 Å². The van der Waals surface area contributed by atoms with Gasteiger partial charge in [0.15, 0.2) is 0 Å². The van der Waals surface area contributed by atoms with Gasteiger partial charge in [-0.3, -0.25) is 0 Å². The van der Waals surface area contributed by atoms with Crippen LogP contribution in [0.4, 0.5) is 0 Å². The number of fused-ring (bicyclic) bond motifs is 1. The third-order valence-corrected chi connectivity index (χ3v) is 3.14. The fourth-order valence-corrected chi connectivity index (χ4v) is 2.17. The summed E-state index contributed by atoms with van der Waals surface area (Å²) in [6, 6.07) is 11.3. The van der Waals surface area contributed by atoms with Crippen LogP contribution in [-0.4, -0.2) is 37.1 Å². The highest BCUT2D eigenvalue weighted by Gasteiger charge is 2.12. The lowest BCUT2D eigenvalue weighted by Crippen LogP contribution is -2.08. The maximum absolute atomic E-state index is 11.1. The number of rotatable bonds is 4. The molecule has 0 saturated carbocycles. The van der Waals surface area contributed by atoms with Crippen molar-refractivity contribution in [3.8, 4) is 0 Å². The number of nitrogens with zero attached hydrogens (tertiary/aromatic N) is 3. The van der Waals surface area contributed by atoms with Gasteiger partial charge in [-0.05, 0) is 35.9 Å². The third-order valence-electron chi connectivity index (χ3n) is 3.14. The molecular weight excluding hydrogens is 286 g/mol. The lowest BCUT2D eigenvalue weighted by molar-refractivity contribution is 0.0696. The highest BCUT2D eigenvalue weighted by Crippen LogP contribution is 2.13. The molecule has 3 rings (SSSR count). The molecule has 3 aromatic rings. The number of hydrogen-bond acceptors (Lipinski definition) is 4. The van der Waals surface area contributed by atoms with E-state index < -0.39 is 11.9 Å². The Morgan fingerprint density at radius 1 is 0.909 bits per heavy atom. The summed E-state index contributed by atoms with van der Waals surface area (Å²) in [5.74, 6) is -2.36. The minimum Gasteiger partial charge on any atom is -0.478 e. The molecule has 0 aliphatic carbocycles. The molecule has 0 spiro atoms. The minimum absolute atomic E-state index is 0.0772. The van der Waals surface area contributed by atoms with Gasteiger partial charge in [0.25, 0.3) is 0 Å². The Kier molecular flexibility index (Phi) is 3.30. The maximum Gasteiger partial charge on any atom is 0.335 e. The highest BCUT2D eigenvalue weighted by molar-refractivity contribution is 5.94. The van der Waals surface area contributed by atoms with Crippen molar-refractivity contribution in [1.82, 2.24) is 15.0 Å².